The Morgan fingerprint density at radius 3 is 2.33 bits per heavy atom. The number of aliphatic hydroxyl groups excluding tert-OH is 2. The summed E-state index contributed by atoms with van der Waals surface area (Å²) >= 11 is 0. The number of hydrogen-bond acceptors (Lipinski definition) is 3. The van der Waals surface area contributed by atoms with E-state index in [4.69, 9.17) is 0 Å². The van der Waals surface area contributed by atoms with Crippen molar-refractivity contribution in [3.8, 4) is 0 Å². The lowest BCUT2D eigenvalue weighted by molar-refractivity contribution is 0.0743. The zero-order valence-electron chi connectivity index (χ0n) is 7.23. The summed E-state index contributed by atoms with van der Waals surface area (Å²) in [5, 5.41) is 19.3. The molecule has 3 N–H and O–H groups in total. The predicted molar refractivity (Wildman–Crippen MR) is 48.9 cm³/mol. The second-order valence-electron chi connectivity index (χ2n) is 3.50. The van der Waals surface area contributed by atoms with Crippen molar-refractivity contribution in [2.24, 2.45) is 0 Å². The number of hydrogen-bond donors (Lipinski definition) is 3. The molecule has 1 aliphatic carbocycles. The van der Waals surface area contributed by atoms with Gasteiger partial charge in [-0.1, -0.05) is 18.2 Å². The Kier molecular flexibility index (Phi) is 2.53. The minimum Gasteiger partial charge on any atom is -0.428 e. The Labute approximate surface area is 72.8 Å². The Morgan fingerprint density at radius 1 is 1.33 bits per heavy atom. The van der Waals surface area contributed by atoms with Gasteiger partial charge in [0.2, 0.25) is 8.32 Å². The van der Waals surface area contributed by atoms with Crippen molar-refractivity contribution in [3.63, 3.8) is 0 Å². The predicted octanol–water partition coefficient (Wildman–Crippen LogP) is -0.0590. The molecule has 0 bridgehead atoms. The monoisotopic (exact) mass is 186 g/mol. The van der Waals surface area contributed by atoms with E-state index in [1.807, 2.05) is 0 Å². The van der Waals surface area contributed by atoms with E-state index in [2.05, 4.69) is 0 Å². The molecule has 0 unspecified atom stereocenters. The zero-order valence-corrected chi connectivity index (χ0v) is 8.23. The minimum atomic E-state index is -2.46. The molecule has 0 aliphatic heterocycles. The molecule has 68 valence electrons. The second-order valence-corrected chi connectivity index (χ2v) is 7.20. The summed E-state index contributed by atoms with van der Waals surface area (Å²) in [6.45, 7) is 3.43. The Balaban J connectivity index is 2.90. The summed E-state index contributed by atoms with van der Waals surface area (Å²) < 4.78 is 0. The molecular formula is C8H14O3Si. The molecule has 0 radical (unpaired) electrons. The van der Waals surface area contributed by atoms with Gasteiger partial charge in [-0.05, 0) is 18.3 Å². The van der Waals surface area contributed by atoms with Crippen molar-refractivity contribution in [3.05, 3.63) is 23.4 Å². The minimum absolute atomic E-state index is 0.581. The van der Waals surface area contributed by atoms with Gasteiger partial charge in [0.05, 0.1) is 0 Å². The number of aliphatic hydroxyl groups is 2. The first-order chi connectivity index (χ1) is 5.43. The van der Waals surface area contributed by atoms with Gasteiger partial charge < -0.3 is 15.0 Å². The molecular weight excluding hydrogens is 172 g/mol. The summed E-state index contributed by atoms with van der Waals surface area (Å²) in [4.78, 5) is 9.70. The molecule has 0 aromatic heterocycles. The standard InChI is InChI=1S/C8H14O3Si/c1-12(2,11)7-5-3-4-6(9)8(7)10/h3-6,8-11H,1-2H3/t6-,8-/m0/s1. The third kappa shape index (κ3) is 1.84. The molecule has 1 rings (SSSR count). The van der Waals surface area contributed by atoms with E-state index in [9.17, 15) is 15.0 Å². The fourth-order valence-corrected chi connectivity index (χ4v) is 2.63. The van der Waals surface area contributed by atoms with Crippen LogP contribution >= 0.6 is 0 Å². The first-order valence-electron chi connectivity index (χ1n) is 3.90. The van der Waals surface area contributed by atoms with E-state index in [-0.39, 0.29) is 0 Å². The maximum absolute atomic E-state index is 9.70. The van der Waals surface area contributed by atoms with Crippen molar-refractivity contribution >= 4 is 8.32 Å². The number of rotatable bonds is 1. The van der Waals surface area contributed by atoms with Gasteiger partial charge in [0.15, 0.2) is 0 Å². The summed E-state index contributed by atoms with van der Waals surface area (Å²) in [7, 11) is -2.46. The first-order valence-corrected chi connectivity index (χ1v) is 6.85. The van der Waals surface area contributed by atoms with Crippen LogP contribution in [0, 0.1) is 0 Å². The molecule has 12 heavy (non-hydrogen) atoms. The molecule has 0 saturated carbocycles. The SMILES string of the molecule is C[Si](C)(O)C1=CC=C[C@H](O)[C@@H]1O. The molecule has 0 aromatic rings. The average Bonchev–Trinajstić information content (AvgIpc) is 1.92. The molecule has 0 aromatic carbocycles. The van der Waals surface area contributed by atoms with Crippen LogP contribution in [0.15, 0.2) is 23.4 Å². The van der Waals surface area contributed by atoms with E-state index < -0.39 is 20.5 Å². The molecule has 0 fully saturated rings. The van der Waals surface area contributed by atoms with Crippen LogP contribution in [0.2, 0.25) is 13.1 Å². The summed E-state index contributed by atoms with van der Waals surface area (Å²) in [5.74, 6) is 0. The van der Waals surface area contributed by atoms with Crippen LogP contribution in [-0.2, 0) is 0 Å². The van der Waals surface area contributed by atoms with Crippen LogP contribution in [-0.4, -0.2) is 35.5 Å². The quantitative estimate of drug-likeness (QED) is 0.503. The molecule has 0 heterocycles. The summed E-state index contributed by atoms with van der Waals surface area (Å²) in [6, 6.07) is 0. The van der Waals surface area contributed by atoms with Crippen LogP contribution in [0.1, 0.15) is 0 Å². The largest absolute Gasteiger partial charge is 0.428 e. The van der Waals surface area contributed by atoms with Gasteiger partial charge in [-0.15, -0.1) is 0 Å². The maximum atomic E-state index is 9.70. The molecule has 2 atom stereocenters. The maximum Gasteiger partial charge on any atom is 0.212 e. The Bertz CT molecular complexity index is 227. The molecule has 3 nitrogen and oxygen atoms in total. The van der Waals surface area contributed by atoms with Crippen molar-refractivity contribution in [2.45, 2.75) is 25.3 Å². The highest BCUT2D eigenvalue weighted by Crippen LogP contribution is 2.21. The van der Waals surface area contributed by atoms with Gasteiger partial charge in [0.1, 0.15) is 12.2 Å². The smallest absolute Gasteiger partial charge is 0.212 e. The van der Waals surface area contributed by atoms with Crippen molar-refractivity contribution in [1.29, 1.82) is 0 Å². The van der Waals surface area contributed by atoms with Crippen molar-refractivity contribution in [2.75, 3.05) is 0 Å². The van der Waals surface area contributed by atoms with E-state index in [1.165, 1.54) is 6.08 Å². The van der Waals surface area contributed by atoms with Gasteiger partial charge >= 0.3 is 0 Å². The van der Waals surface area contributed by atoms with E-state index in [1.54, 1.807) is 25.2 Å². The molecule has 0 saturated heterocycles. The lowest BCUT2D eigenvalue weighted by atomic mass is 10.1. The zero-order chi connectivity index (χ0) is 9.35. The topological polar surface area (TPSA) is 60.7 Å². The lowest BCUT2D eigenvalue weighted by Gasteiger charge is -2.27. The van der Waals surface area contributed by atoms with Gasteiger partial charge in [0.25, 0.3) is 0 Å². The van der Waals surface area contributed by atoms with Gasteiger partial charge in [-0.25, -0.2) is 0 Å². The van der Waals surface area contributed by atoms with Crippen LogP contribution in [0.3, 0.4) is 0 Å². The van der Waals surface area contributed by atoms with Crippen LogP contribution in [0.25, 0.3) is 0 Å². The number of allylic oxidation sites excluding steroid dienone is 2. The highest BCUT2D eigenvalue weighted by molar-refractivity contribution is 6.77. The average molecular weight is 186 g/mol. The molecule has 0 amide bonds. The van der Waals surface area contributed by atoms with E-state index in [0.717, 1.165) is 0 Å². The van der Waals surface area contributed by atoms with Crippen LogP contribution in [0.4, 0.5) is 0 Å². The van der Waals surface area contributed by atoms with E-state index in [0.29, 0.717) is 5.20 Å². The Hall–Kier alpha value is -0.423. The van der Waals surface area contributed by atoms with Crippen molar-refractivity contribution < 1.29 is 15.0 Å². The fraction of sp³-hybridized carbons (Fsp3) is 0.500. The van der Waals surface area contributed by atoms with Gasteiger partial charge in [0, 0.05) is 0 Å². The third-order valence-electron chi connectivity index (χ3n) is 1.93. The lowest BCUT2D eigenvalue weighted by Crippen LogP contribution is -2.41. The second kappa shape index (κ2) is 3.14. The van der Waals surface area contributed by atoms with Crippen LogP contribution < -0.4 is 0 Å². The van der Waals surface area contributed by atoms with E-state index >= 15 is 0 Å². The highest BCUT2D eigenvalue weighted by atomic mass is 28.4. The first kappa shape index (κ1) is 9.66. The van der Waals surface area contributed by atoms with Gasteiger partial charge in [-0.2, -0.15) is 0 Å². The molecule has 4 heteroatoms. The molecule has 0 spiro atoms. The summed E-state index contributed by atoms with van der Waals surface area (Å²) in [6.07, 6.45) is 3.06. The normalized spacial score (nSPS) is 30.2. The van der Waals surface area contributed by atoms with Crippen LogP contribution in [0.5, 0.6) is 0 Å². The molecule has 1 aliphatic rings. The van der Waals surface area contributed by atoms with Gasteiger partial charge in [-0.3, -0.25) is 0 Å². The van der Waals surface area contributed by atoms with Crippen molar-refractivity contribution in [1.82, 2.24) is 0 Å². The fourth-order valence-electron chi connectivity index (χ4n) is 1.23. The summed E-state index contributed by atoms with van der Waals surface area (Å²) in [5.41, 5.74) is 0. The third-order valence-corrected chi connectivity index (χ3v) is 3.81. The highest BCUT2D eigenvalue weighted by Gasteiger charge is 2.32. The Morgan fingerprint density at radius 2 is 1.92 bits per heavy atom.